The topological polar surface area (TPSA) is 76.0 Å². The van der Waals surface area contributed by atoms with E-state index in [2.05, 4.69) is 30.5 Å². The largest absolute Gasteiger partial charge is 0.252 e. The number of nitrogens with one attached hydrogen (secondary N) is 1. The molecule has 0 bridgehead atoms. The minimum absolute atomic E-state index is 0.424. The van der Waals surface area contributed by atoms with Crippen molar-refractivity contribution < 1.29 is 0 Å². The van der Waals surface area contributed by atoms with Gasteiger partial charge in [-0.1, -0.05) is 60.7 Å². The Bertz CT molecular complexity index is 1330. The van der Waals surface area contributed by atoms with Crippen molar-refractivity contribution in [2.45, 2.75) is 0 Å². The van der Waals surface area contributed by atoms with Gasteiger partial charge in [0.25, 0.3) is 0 Å². The van der Waals surface area contributed by atoms with Crippen molar-refractivity contribution in [1.82, 2.24) is 19.9 Å². The third-order valence-corrected chi connectivity index (χ3v) is 4.48. The molecule has 5 aromatic rings. The summed E-state index contributed by atoms with van der Waals surface area (Å²) < 4.78 is 0. The minimum Gasteiger partial charge on any atom is -0.252 e. The van der Waals surface area contributed by atoms with Crippen LogP contribution in [0.15, 0.2) is 90.2 Å². The number of aromatic nitrogens is 4. The normalized spacial score (nSPS) is 11.3. The Hall–Kier alpha value is -4.19. The molecule has 1 N–H and O–H groups in total. The van der Waals surface area contributed by atoms with Gasteiger partial charge in [0.1, 0.15) is 5.69 Å². The van der Waals surface area contributed by atoms with Crippen LogP contribution in [0.3, 0.4) is 0 Å². The van der Waals surface area contributed by atoms with E-state index in [0.29, 0.717) is 11.6 Å². The van der Waals surface area contributed by atoms with Gasteiger partial charge in [-0.05, 0) is 18.2 Å². The molecule has 0 saturated heterocycles. The molecule has 0 aliphatic rings. The van der Waals surface area contributed by atoms with Crippen LogP contribution < -0.4 is 5.43 Å². The second kappa shape index (κ2) is 7.44. The lowest BCUT2D eigenvalue weighted by molar-refractivity contribution is 1.15. The summed E-state index contributed by atoms with van der Waals surface area (Å²) in [5.41, 5.74) is 7.99. The van der Waals surface area contributed by atoms with Crippen LogP contribution in [-0.2, 0) is 0 Å². The standard InChI is InChI=1S/C23H16N6/c1-2-8-16(9-3-1)22-18-10-4-5-11-19(18)27-23(28-22)29-25-15-17-14-24-20-12-6-7-13-21(20)26-17/h1-15H,(H,27,28,29)/b25-15+. The number of benzene rings is 3. The number of para-hydroxylation sites is 3. The fraction of sp³-hybridized carbons (Fsp3) is 0. The van der Waals surface area contributed by atoms with Gasteiger partial charge in [-0.2, -0.15) is 5.10 Å². The number of rotatable bonds is 4. The van der Waals surface area contributed by atoms with Gasteiger partial charge in [-0.25, -0.2) is 20.4 Å². The molecule has 0 spiro atoms. The first kappa shape index (κ1) is 16.9. The summed E-state index contributed by atoms with van der Waals surface area (Å²) in [5.74, 6) is 0.424. The molecule has 6 nitrogen and oxygen atoms in total. The Morgan fingerprint density at radius 1 is 0.690 bits per heavy atom. The summed E-state index contributed by atoms with van der Waals surface area (Å²) in [6.07, 6.45) is 3.30. The Labute approximate surface area is 167 Å². The van der Waals surface area contributed by atoms with Crippen LogP contribution in [0, 0.1) is 0 Å². The number of hydrogen-bond acceptors (Lipinski definition) is 6. The molecular weight excluding hydrogens is 360 g/mol. The van der Waals surface area contributed by atoms with Crippen molar-refractivity contribution in [1.29, 1.82) is 0 Å². The summed E-state index contributed by atoms with van der Waals surface area (Å²) in [6.45, 7) is 0. The van der Waals surface area contributed by atoms with Crippen molar-refractivity contribution in [2.75, 3.05) is 5.43 Å². The van der Waals surface area contributed by atoms with E-state index in [1.54, 1.807) is 12.4 Å². The van der Waals surface area contributed by atoms with Crippen LogP contribution in [-0.4, -0.2) is 26.2 Å². The van der Waals surface area contributed by atoms with Crippen LogP contribution in [0.1, 0.15) is 5.69 Å². The fourth-order valence-electron chi connectivity index (χ4n) is 3.13. The van der Waals surface area contributed by atoms with E-state index in [1.807, 2.05) is 78.9 Å². The Morgan fingerprint density at radius 2 is 1.41 bits per heavy atom. The smallest absolute Gasteiger partial charge is 0.244 e. The number of hydrogen-bond donors (Lipinski definition) is 1. The molecule has 2 aromatic heterocycles. The summed E-state index contributed by atoms with van der Waals surface area (Å²) in [7, 11) is 0. The summed E-state index contributed by atoms with van der Waals surface area (Å²) in [6, 6.07) is 25.7. The molecule has 6 heteroatoms. The highest BCUT2D eigenvalue weighted by molar-refractivity contribution is 5.93. The highest BCUT2D eigenvalue weighted by Crippen LogP contribution is 2.26. The molecule has 3 aromatic carbocycles. The SMILES string of the molecule is C(=N\Nc1nc(-c2ccccc2)c2ccccc2n1)/c1cnc2ccccc2n1. The van der Waals surface area contributed by atoms with Crippen molar-refractivity contribution in [3.8, 4) is 11.3 Å². The molecule has 0 radical (unpaired) electrons. The van der Waals surface area contributed by atoms with Crippen LogP contribution in [0.5, 0.6) is 0 Å². The van der Waals surface area contributed by atoms with E-state index in [1.165, 1.54) is 0 Å². The Balaban J connectivity index is 1.47. The Kier molecular flexibility index (Phi) is 4.35. The molecule has 0 unspecified atom stereocenters. The lowest BCUT2D eigenvalue weighted by atomic mass is 10.1. The maximum Gasteiger partial charge on any atom is 0.244 e. The second-order valence-corrected chi connectivity index (χ2v) is 6.43. The first-order valence-corrected chi connectivity index (χ1v) is 9.20. The van der Waals surface area contributed by atoms with Crippen molar-refractivity contribution in [2.24, 2.45) is 5.10 Å². The van der Waals surface area contributed by atoms with Crippen molar-refractivity contribution in [3.05, 3.63) is 90.8 Å². The summed E-state index contributed by atoms with van der Waals surface area (Å²) >= 11 is 0. The zero-order valence-corrected chi connectivity index (χ0v) is 15.4. The fourth-order valence-corrected chi connectivity index (χ4v) is 3.13. The molecule has 0 fully saturated rings. The zero-order valence-electron chi connectivity index (χ0n) is 15.4. The van der Waals surface area contributed by atoms with E-state index in [-0.39, 0.29) is 0 Å². The lowest BCUT2D eigenvalue weighted by Gasteiger charge is -2.08. The van der Waals surface area contributed by atoms with Crippen LogP contribution in [0.4, 0.5) is 5.95 Å². The number of hydrazone groups is 1. The summed E-state index contributed by atoms with van der Waals surface area (Å²) in [5, 5.41) is 5.25. The predicted octanol–water partition coefficient (Wildman–Crippen LogP) is 4.69. The number of nitrogens with zero attached hydrogens (tertiary/aromatic N) is 5. The predicted molar refractivity (Wildman–Crippen MR) is 116 cm³/mol. The highest BCUT2D eigenvalue weighted by Gasteiger charge is 2.09. The van der Waals surface area contributed by atoms with E-state index in [0.717, 1.165) is 33.2 Å². The van der Waals surface area contributed by atoms with Gasteiger partial charge >= 0.3 is 0 Å². The minimum atomic E-state index is 0.424. The third-order valence-electron chi connectivity index (χ3n) is 4.48. The van der Waals surface area contributed by atoms with Gasteiger partial charge in [0.15, 0.2) is 0 Å². The van der Waals surface area contributed by atoms with Gasteiger partial charge in [0.2, 0.25) is 5.95 Å². The molecule has 138 valence electrons. The van der Waals surface area contributed by atoms with Gasteiger partial charge in [-0.15, -0.1) is 0 Å². The zero-order chi connectivity index (χ0) is 19.5. The molecule has 29 heavy (non-hydrogen) atoms. The van der Waals surface area contributed by atoms with Gasteiger partial charge < -0.3 is 0 Å². The first-order chi connectivity index (χ1) is 14.4. The lowest BCUT2D eigenvalue weighted by Crippen LogP contribution is -2.00. The second-order valence-electron chi connectivity index (χ2n) is 6.43. The van der Waals surface area contributed by atoms with Gasteiger partial charge in [-0.3, -0.25) is 4.98 Å². The van der Waals surface area contributed by atoms with Crippen LogP contribution in [0.25, 0.3) is 33.2 Å². The van der Waals surface area contributed by atoms with Crippen molar-refractivity contribution >= 4 is 34.1 Å². The molecular formula is C23H16N6. The molecule has 2 heterocycles. The van der Waals surface area contributed by atoms with Crippen LogP contribution >= 0.6 is 0 Å². The van der Waals surface area contributed by atoms with E-state index in [9.17, 15) is 0 Å². The Morgan fingerprint density at radius 3 is 2.28 bits per heavy atom. The van der Waals surface area contributed by atoms with E-state index < -0.39 is 0 Å². The number of fused-ring (bicyclic) bond motifs is 2. The molecule has 0 saturated carbocycles. The average Bonchev–Trinajstić information content (AvgIpc) is 2.79. The molecule has 0 aliphatic carbocycles. The van der Waals surface area contributed by atoms with E-state index >= 15 is 0 Å². The highest BCUT2D eigenvalue weighted by atomic mass is 15.3. The molecule has 0 aliphatic heterocycles. The average molecular weight is 376 g/mol. The maximum absolute atomic E-state index is 4.68. The quantitative estimate of drug-likeness (QED) is 0.364. The molecule has 5 rings (SSSR count). The van der Waals surface area contributed by atoms with Gasteiger partial charge in [0.05, 0.1) is 34.7 Å². The maximum atomic E-state index is 4.68. The van der Waals surface area contributed by atoms with E-state index in [4.69, 9.17) is 0 Å². The number of anilines is 1. The molecule has 0 atom stereocenters. The van der Waals surface area contributed by atoms with Crippen LogP contribution in [0.2, 0.25) is 0 Å². The van der Waals surface area contributed by atoms with Gasteiger partial charge in [0, 0.05) is 10.9 Å². The molecule has 0 amide bonds. The first-order valence-electron chi connectivity index (χ1n) is 9.20. The van der Waals surface area contributed by atoms with Crippen molar-refractivity contribution in [3.63, 3.8) is 0 Å². The summed E-state index contributed by atoms with van der Waals surface area (Å²) in [4.78, 5) is 18.2. The third kappa shape index (κ3) is 3.51. The monoisotopic (exact) mass is 376 g/mol.